The summed E-state index contributed by atoms with van der Waals surface area (Å²) in [6.45, 7) is 4.55. The molecule has 3 rings (SSSR count). The molecular formula is C16H18N2OS. The molecule has 1 aliphatic carbocycles. The van der Waals surface area contributed by atoms with E-state index < -0.39 is 0 Å². The first-order chi connectivity index (χ1) is 9.65. The van der Waals surface area contributed by atoms with Crippen LogP contribution in [0.4, 0.5) is 0 Å². The Labute approximate surface area is 123 Å². The molecular weight excluding hydrogens is 268 g/mol. The normalized spacial score (nSPS) is 14.3. The number of carbonyl (C=O) groups excluding carboxylic acids is 1. The number of rotatable bonds is 4. The number of benzene rings is 1. The molecule has 1 fully saturated rings. The van der Waals surface area contributed by atoms with Crippen LogP contribution in [0.15, 0.2) is 24.3 Å². The van der Waals surface area contributed by atoms with Crippen LogP contribution in [0.25, 0.3) is 0 Å². The number of hydrogen-bond donors (Lipinski definition) is 1. The van der Waals surface area contributed by atoms with Crippen molar-refractivity contribution in [3.8, 4) is 0 Å². The molecule has 0 unspecified atom stereocenters. The smallest absolute Gasteiger partial charge is 0.263 e. The molecule has 3 nitrogen and oxygen atoms in total. The maximum atomic E-state index is 12.3. The molecule has 1 N–H and O–H groups in total. The predicted molar refractivity (Wildman–Crippen MR) is 81.2 cm³/mol. The van der Waals surface area contributed by atoms with Gasteiger partial charge < -0.3 is 5.32 Å². The van der Waals surface area contributed by atoms with Crippen molar-refractivity contribution in [2.24, 2.45) is 0 Å². The van der Waals surface area contributed by atoms with Gasteiger partial charge in [0.25, 0.3) is 5.91 Å². The van der Waals surface area contributed by atoms with Gasteiger partial charge in [0, 0.05) is 12.5 Å². The average Bonchev–Trinajstić information content (AvgIpc) is 3.21. The molecule has 0 spiro atoms. The molecule has 2 aromatic rings. The first-order valence-electron chi connectivity index (χ1n) is 6.95. The van der Waals surface area contributed by atoms with Gasteiger partial charge in [-0.05, 0) is 37.8 Å². The van der Waals surface area contributed by atoms with Crippen molar-refractivity contribution in [1.29, 1.82) is 0 Å². The van der Waals surface area contributed by atoms with E-state index in [2.05, 4.69) is 23.3 Å². The fraction of sp³-hybridized carbons (Fsp3) is 0.375. The van der Waals surface area contributed by atoms with E-state index in [4.69, 9.17) is 0 Å². The number of amides is 1. The van der Waals surface area contributed by atoms with Crippen LogP contribution in [-0.2, 0) is 6.54 Å². The molecule has 0 bridgehead atoms. The Morgan fingerprint density at radius 2 is 2.10 bits per heavy atom. The molecule has 1 aromatic heterocycles. The van der Waals surface area contributed by atoms with Crippen LogP contribution < -0.4 is 5.32 Å². The number of nitrogens with one attached hydrogen (secondary N) is 1. The van der Waals surface area contributed by atoms with E-state index in [1.54, 1.807) is 11.3 Å². The Morgan fingerprint density at radius 1 is 1.35 bits per heavy atom. The van der Waals surface area contributed by atoms with Gasteiger partial charge in [-0.15, -0.1) is 11.3 Å². The highest BCUT2D eigenvalue weighted by molar-refractivity contribution is 7.13. The number of aryl methyl sites for hydroxylation is 2. The highest BCUT2D eigenvalue weighted by Crippen LogP contribution is 2.42. The van der Waals surface area contributed by atoms with E-state index >= 15 is 0 Å². The third-order valence-electron chi connectivity index (χ3n) is 3.65. The van der Waals surface area contributed by atoms with E-state index in [1.165, 1.54) is 18.4 Å². The maximum Gasteiger partial charge on any atom is 0.263 e. The van der Waals surface area contributed by atoms with Crippen LogP contribution in [0.2, 0.25) is 0 Å². The van der Waals surface area contributed by atoms with Crippen LogP contribution >= 0.6 is 11.3 Å². The first kappa shape index (κ1) is 13.3. The molecule has 0 aliphatic heterocycles. The van der Waals surface area contributed by atoms with Crippen molar-refractivity contribution < 1.29 is 4.79 Å². The molecule has 0 saturated heterocycles. The lowest BCUT2D eigenvalue weighted by molar-refractivity contribution is 0.0954. The Hall–Kier alpha value is -1.68. The lowest BCUT2D eigenvalue weighted by Crippen LogP contribution is -2.22. The zero-order valence-electron chi connectivity index (χ0n) is 11.8. The summed E-state index contributed by atoms with van der Waals surface area (Å²) in [5.41, 5.74) is 3.22. The minimum absolute atomic E-state index is 0.00449. The zero-order valence-corrected chi connectivity index (χ0v) is 12.6. The Morgan fingerprint density at radius 3 is 2.80 bits per heavy atom. The third kappa shape index (κ3) is 2.75. The van der Waals surface area contributed by atoms with Crippen LogP contribution in [-0.4, -0.2) is 10.9 Å². The molecule has 1 heterocycles. The topological polar surface area (TPSA) is 42.0 Å². The lowest BCUT2D eigenvalue weighted by Gasteiger charge is -2.07. The fourth-order valence-corrected chi connectivity index (χ4v) is 3.35. The summed E-state index contributed by atoms with van der Waals surface area (Å²) in [4.78, 5) is 17.6. The van der Waals surface area contributed by atoms with Gasteiger partial charge in [0.15, 0.2) is 0 Å². The van der Waals surface area contributed by atoms with Gasteiger partial charge in [0.05, 0.1) is 10.7 Å². The van der Waals surface area contributed by atoms with Crippen LogP contribution in [0.5, 0.6) is 0 Å². The summed E-state index contributed by atoms with van der Waals surface area (Å²) in [5.74, 6) is 0.603. The van der Waals surface area contributed by atoms with Gasteiger partial charge >= 0.3 is 0 Å². The van der Waals surface area contributed by atoms with E-state index in [0.29, 0.717) is 12.5 Å². The standard InChI is InChI=1S/C16H18N2OS/c1-10-5-3-4-6-13(10)9-17-15(19)14-11(2)18-16(20-14)12-7-8-12/h3-6,12H,7-9H2,1-2H3,(H,17,19). The van der Waals surface area contributed by atoms with E-state index in [1.807, 2.05) is 25.1 Å². The first-order valence-corrected chi connectivity index (χ1v) is 7.77. The molecule has 1 amide bonds. The fourth-order valence-electron chi connectivity index (χ4n) is 2.20. The molecule has 0 radical (unpaired) electrons. The van der Waals surface area contributed by atoms with Gasteiger partial charge in [0.2, 0.25) is 0 Å². The third-order valence-corrected chi connectivity index (χ3v) is 4.97. The Kier molecular flexibility index (Phi) is 3.57. The van der Waals surface area contributed by atoms with Gasteiger partial charge in [-0.25, -0.2) is 4.98 Å². The molecule has 4 heteroatoms. The summed E-state index contributed by atoms with van der Waals surface area (Å²) in [5, 5.41) is 4.13. The average molecular weight is 286 g/mol. The second-order valence-electron chi connectivity index (χ2n) is 5.35. The Balaban J connectivity index is 1.68. The van der Waals surface area contributed by atoms with E-state index in [-0.39, 0.29) is 5.91 Å². The molecule has 1 saturated carbocycles. The van der Waals surface area contributed by atoms with E-state index in [0.717, 1.165) is 21.1 Å². The minimum Gasteiger partial charge on any atom is -0.347 e. The van der Waals surface area contributed by atoms with Crippen LogP contribution in [0.1, 0.15) is 50.3 Å². The van der Waals surface area contributed by atoms with Crippen molar-refractivity contribution in [3.05, 3.63) is 51.0 Å². The SMILES string of the molecule is Cc1ccccc1CNC(=O)c1sc(C2CC2)nc1C. The minimum atomic E-state index is -0.00449. The highest BCUT2D eigenvalue weighted by Gasteiger charge is 2.28. The van der Waals surface area contributed by atoms with Crippen molar-refractivity contribution in [3.63, 3.8) is 0 Å². The van der Waals surface area contributed by atoms with Crippen molar-refractivity contribution in [2.75, 3.05) is 0 Å². The lowest BCUT2D eigenvalue weighted by atomic mass is 10.1. The quantitative estimate of drug-likeness (QED) is 0.933. The number of hydrogen-bond acceptors (Lipinski definition) is 3. The molecule has 20 heavy (non-hydrogen) atoms. The van der Waals surface area contributed by atoms with Crippen LogP contribution in [0, 0.1) is 13.8 Å². The molecule has 104 valence electrons. The van der Waals surface area contributed by atoms with Gasteiger partial charge in [-0.1, -0.05) is 24.3 Å². The van der Waals surface area contributed by atoms with Crippen LogP contribution in [0.3, 0.4) is 0 Å². The number of carbonyl (C=O) groups is 1. The number of aromatic nitrogens is 1. The number of thiazole rings is 1. The maximum absolute atomic E-state index is 12.3. The molecule has 0 atom stereocenters. The zero-order chi connectivity index (χ0) is 14.1. The second kappa shape index (κ2) is 5.37. The van der Waals surface area contributed by atoms with Crippen molar-refractivity contribution in [1.82, 2.24) is 10.3 Å². The highest BCUT2D eigenvalue weighted by atomic mass is 32.1. The predicted octanol–water partition coefficient (Wildman–Crippen LogP) is 3.57. The number of nitrogens with zero attached hydrogens (tertiary/aromatic N) is 1. The summed E-state index contributed by atoms with van der Waals surface area (Å²) < 4.78 is 0. The van der Waals surface area contributed by atoms with Gasteiger partial charge in [-0.3, -0.25) is 4.79 Å². The van der Waals surface area contributed by atoms with Crippen molar-refractivity contribution >= 4 is 17.2 Å². The van der Waals surface area contributed by atoms with Gasteiger partial charge in [-0.2, -0.15) is 0 Å². The Bertz CT molecular complexity index is 644. The molecule has 1 aliphatic rings. The van der Waals surface area contributed by atoms with Gasteiger partial charge in [0.1, 0.15) is 4.88 Å². The molecule has 1 aromatic carbocycles. The monoisotopic (exact) mass is 286 g/mol. The largest absolute Gasteiger partial charge is 0.347 e. The van der Waals surface area contributed by atoms with E-state index in [9.17, 15) is 4.79 Å². The van der Waals surface area contributed by atoms with Crippen molar-refractivity contribution in [2.45, 2.75) is 39.2 Å². The summed E-state index contributed by atoms with van der Waals surface area (Å²) in [7, 11) is 0. The summed E-state index contributed by atoms with van der Waals surface area (Å²) >= 11 is 1.55. The summed E-state index contributed by atoms with van der Waals surface area (Å²) in [6, 6.07) is 8.11. The second-order valence-corrected chi connectivity index (χ2v) is 6.38. The summed E-state index contributed by atoms with van der Waals surface area (Å²) in [6.07, 6.45) is 2.44.